The highest BCUT2D eigenvalue weighted by Crippen LogP contribution is 1.94. The molecular formula is C10H10ClNO. The lowest BCUT2D eigenvalue weighted by Crippen LogP contribution is -2.08. The van der Waals surface area contributed by atoms with E-state index in [-0.39, 0.29) is 5.56 Å². The number of H-pyrrole nitrogens is 1. The number of pyridine rings is 1. The molecule has 2 nitrogen and oxygen atoms in total. The van der Waals surface area contributed by atoms with Gasteiger partial charge in [-0.15, -0.1) is 11.6 Å². The minimum atomic E-state index is -0.146. The number of hydrogen-bond acceptors (Lipinski definition) is 1. The Labute approximate surface area is 81.9 Å². The molecule has 0 unspecified atom stereocenters. The monoisotopic (exact) mass is 195 g/mol. The third-order valence-corrected chi connectivity index (χ3v) is 1.68. The highest BCUT2D eigenvalue weighted by molar-refractivity contribution is 6.18. The van der Waals surface area contributed by atoms with E-state index >= 15 is 0 Å². The fourth-order valence-electron chi connectivity index (χ4n) is 0.890. The Kier molecular flexibility index (Phi) is 3.60. The molecule has 3 heteroatoms. The van der Waals surface area contributed by atoms with E-state index in [4.69, 9.17) is 11.6 Å². The quantitative estimate of drug-likeness (QED) is 0.537. The lowest BCUT2D eigenvalue weighted by Gasteiger charge is -1.91. The van der Waals surface area contributed by atoms with E-state index in [1.165, 1.54) is 0 Å². The Morgan fingerprint density at radius 3 is 3.08 bits per heavy atom. The van der Waals surface area contributed by atoms with Gasteiger partial charge in [0.15, 0.2) is 0 Å². The summed E-state index contributed by atoms with van der Waals surface area (Å²) in [6, 6.07) is 1.76. The fourth-order valence-corrected chi connectivity index (χ4v) is 0.984. The molecule has 0 aliphatic heterocycles. The molecular weight excluding hydrogens is 186 g/mol. The summed E-state index contributed by atoms with van der Waals surface area (Å²) < 4.78 is 0. The predicted molar refractivity (Wildman–Crippen MR) is 54.0 cm³/mol. The molecule has 0 fully saturated rings. The molecule has 0 bridgehead atoms. The van der Waals surface area contributed by atoms with Crippen molar-refractivity contribution in [1.29, 1.82) is 0 Å². The van der Waals surface area contributed by atoms with Crippen LogP contribution in [0.2, 0.25) is 0 Å². The molecule has 0 spiro atoms. The average Bonchev–Trinajstić information content (AvgIpc) is 2.11. The van der Waals surface area contributed by atoms with Crippen molar-refractivity contribution in [2.75, 3.05) is 5.88 Å². The number of nitrogens with one attached hydrogen (secondary N) is 1. The first-order chi connectivity index (χ1) is 6.24. The van der Waals surface area contributed by atoms with Crippen LogP contribution < -0.4 is 5.56 Å². The lowest BCUT2D eigenvalue weighted by atomic mass is 10.2. The van der Waals surface area contributed by atoms with E-state index in [9.17, 15) is 4.79 Å². The van der Waals surface area contributed by atoms with Crippen LogP contribution >= 0.6 is 11.6 Å². The van der Waals surface area contributed by atoms with Gasteiger partial charge < -0.3 is 4.98 Å². The van der Waals surface area contributed by atoms with E-state index in [1.54, 1.807) is 12.3 Å². The summed E-state index contributed by atoms with van der Waals surface area (Å²) in [5.41, 5.74) is 1.35. The van der Waals surface area contributed by atoms with Gasteiger partial charge in [-0.3, -0.25) is 4.79 Å². The number of halogens is 1. The minimum absolute atomic E-state index is 0.146. The molecule has 1 N–H and O–H groups in total. The van der Waals surface area contributed by atoms with E-state index in [0.717, 1.165) is 5.56 Å². The van der Waals surface area contributed by atoms with Crippen LogP contribution in [-0.4, -0.2) is 10.9 Å². The van der Waals surface area contributed by atoms with Crippen LogP contribution in [0, 0.1) is 18.8 Å². The Morgan fingerprint density at radius 2 is 2.38 bits per heavy atom. The van der Waals surface area contributed by atoms with Gasteiger partial charge in [0.05, 0.1) is 5.56 Å². The van der Waals surface area contributed by atoms with Crippen molar-refractivity contribution in [2.24, 2.45) is 0 Å². The molecule has 0 amide bonds. The number of aromatic nitrogens is 1. The first-order valence-electron chi connectivity index (χ1n) is 3.98. The standard InChI is InChI=1S/C10H10ClNO/c1-8-6-9(4-2-3-5-11)10(13)12-7-8/h6-7H,3,5H2,1H3,(H,12,13). The molecule has 1 aromatic heterocycles. The van der Waals surface area contributed by atoms with Crippen molar-refractivity contribution in [2.45, 2.75) is 13.3 Å². The van der Waals surface area contributed by atoms with Crippen molar-refractivity contribution >= 4 is 11.6 Å². The van der Waals surface area contributed by atoms with Gasteiger partial charge in [0.1, 0.15) is 0 Å². The van der Waals surface area contributed by atoms with Gasteiger partial charge in [-0.2, -0.15) is 0 Å². The van der Waals surface area contributed by atoms with Crippen molar-refractivity contribution < 1.29 is 0 Å². The SMILES string of the molecule is Cc1c[nH]c(=O)c(C#CCCCl)c1. The lowest BCUT2D eigenvalue weighted by molar-refractivity contribution is 1.18. The zero-order valence-electron chi connectivity index (χ0n) is 7.36. The average molecular weight is 196 g/mol. The van der Waals surface area contributed by atoms with Crippen LogP contribution in [0.4, 0.5) is 0 Å². The summed E-state index contributed by atoms with van der Waals surface area (Å²) in [5, 5.41) is 0. The maximum Gasteiger partial charge on any atom is 0.263 e. The summed E-state index contributed by atoms with van der Waals surface area (Å²) in [6.07, 6.45) is 2.27. The van der Waals surface area contributed by atoms with Crippen molar-refractivity contribution in [1.82, 2.24) is 4.98 Å². The summed E-state index contributed by atoms with van der Waals surface area (Å²) in [4.78, 5) is 13.8. The summed E-state index contributed by atoms with van der Waals surface area (Å²) in [5.74, 6) is 6.09. The van der Waals surface area contributed by atoms with E-state index in [2.05, 4.69) is 16.8 Å². The molecule has 0 atom stereocenters. The second-order valence-corrected chi connectivity index (χ2v) is 3.04. The maximum absolute atomic E-state index is 11.2. The van der Waals surface area contributed by atoms with Crippen LogP contribution in [0.15, 0.2) is 17.1 Å². The van der Waals surface area contributed by atoms with E-state index in [0.29, 0.717) is 17.9 Å². The number of alkyl halides is 1. The summed E-state index contributed by atoms with van der Waals surface area (Å²) in [6.45, 7) is 1.91. The second-order valence-electron chi connectivity index (χ2n) is 2.66. The van der Waals surface area contributed by atoms with Crippen LogP contribution in [0.25, 0.3) is 0 Å². The van der Waals surface area contributed by atoms with Crippen LogP contribution in [-0.2, 0) is 0 Å². The van der Waals surface area contributed by atoms with Crippen LogP contribution in [0.1, 0.15) is 17.5 Å². The van der Waals surface area contributed by atoms with Gasteiger partial charge >= 0.3 is 0 Å². The molecule has 68 valence electrons. The zero-order valence-corrected chi connectivity index (χ0v) is 8.11. The van der Waals surface area contributed by atoms with Crippen molar-refractivity contribution in [3.8, 4) is 11.8 Å². The first kappa shape index (κ1) is 9.88. The van der Waals surface area contributed by atoms with Crippen LogP contribution in [0.5, 0.6) is 0 Å². The molecule has 1 aromatic rings. The van der Waals surface area contributed by atoms with E-state index < -0.39 is 0 Å². The third-order valence-electron chi connectivity index (χ3n) is 1.49. The normalized spacial score (nSPS) is 9.08. The van der Waals surface area contributed by atoms with Gasteiger partial charge in [0, 0.05) is 18.5 Å². The van der Waals surface area contributed by atoms with Crippen molar-refractivity contribution in [3.05, 3.63) is 33.7 Å². The highest BCUT2D eigenvalue weighted by Gasteiger charge is 1.93. The van der Waals surface area contributed by atoms with Gasteiger partial charge in [-0.25, -0.2) is 0 Å². The number of aromatic amines is 1. The number of hydrogen-bond donors (Lipinski definition) is 1. The smallest absolute Gasteiger partial charge is 0.263 e. The van der Waals surface area contributed by atoms with Crippen LogP contribution in [0.3, 0.4) is 0 Å². The van der Waals surface area contributed by atoms with Gasteiger partial charge in [0.2, 0.25) is 0 Å². The molecule has 0 aromatic carbocycles. The third kappa shape index (κ3) is 2.96. The largest absolute Gasteiger partial charge is 0.328 e. The summed E-state index contributed by atoms with van der Waals surface area (Å²) in [7, 11) is 0. The molecule has 1 rings (SSSR count). The molecule has 1 heterocycles. The number of aryl methyl sites for hydroxylation is 1. The van der Waals surface area contributed by atoms with Crippen molar-refractivity contribution in [3.63, 3.8) is 0 Å². The molecule has 13 heavy (non-hydrogen) atoms. The predicted octanol–water partition coefficient (Wildman–Crippen LogP) is 1.66. The minimum Gasteiger partial charge on any atom is -0.328 e. The molecule has 0 aliphatic carbocycles. The topological polar surface area (TPSA) is 32.9 Å². The van der Waals surface area contributed by atoms with Gasteiger partial charge in [-0.1, -0.05) is 11.8 Å². The summed E-state index contributed by atoms with van der Waals surface area (Å²) >= 11 is 5.45. The van der Waals surface area contributed by atoms with Gasteiger partial charge in [-0.05, 0) is 18.6 Å². The first-order valence-corrected chi connectivity index (χ1v) is 4.51. The molecule has 0 saturated heterocycles. The molecule has 0 saturated carbocycles. The number of rotatable bonds is 1. The van der Waals surface area contributed by atoms with E-state index in [1.807, 2.05) is 6.92 Å². The highest BCUT2D eigenvalue weighted by atomic mass is 35.5. The molecule has 0 aliphatic rings. The maximum atomic E-state index is 11.2. The second kappa shape index (κ2) is 4.74. The Bertz CT molecular complexity index is 397. The van der Waals surface area contributed by atoms with Gasteiger partial charge in [0.25, 0.3) is 5.56 Å². The Balaban J connectivity index is 2.96. The Hall–Kier alpha value is -1.20. The Morgan fingerprint density at radius 1 is 1.62 bits per heavy atom. The zero-order chi connectivity index (χ0) is 9.68. The molecule has 0 radical (unpaired) electrons. The fraction of sp³-hybridized carbons (Fsp3) is 0.300.